The monoisotopic (exact) mass is 109 g/mol. The first-order chi connectivity index (χ1) is 3.93. The summed E-state index contributed by atoms with van der Waals surface area (Å²) in [5, 5.41) is 3.03. The molecule has 0 saturated heterocycles. The van der Waals surface area contributed by atoms with Crippen molar-refractivity contribution >= 4 is 6.21 Å². The van der Waals surface area contributed by atoms with Gasteiger partial charge in [-0.1, -0.05) is 0 Å². The van der Waals surface area contributed by atoms with Crippen LogP contribution in [0.2, 0.25) is 0 Å². The van der Waals surface area contributed by atoms with Gasteiger partial charge >= 0.3 is 0 Å². The molecule has 1 aliphatic rings. The summed E-state index contributed by atoms with van der Waals surface area (Å²) < 4.78 is 0. The molecule has 1 atom stereocenters. The number of hydrogen-bond acceptors (Lipinski definition) is 2. The minimum Gasteiger partial charge on any atom is -0.370 e. The van der Waals surface area contributed by atoms with E-state index in [4.69, 9.17) is 0 Å². The van der Waals surface area contributed by atoms with Crippen molar-refractivity contribution < 1.29 is 0 Å². The zero-order valence-electron chi connectivity index (χ0n) is 4.67. The Hall–Kier alpha value is -0.790. The summed E-state index contributed by atoms with van der Waals surface area (Å²) in [4.78, 5) is 4.06. The van der Waals surface area contributed by atoms with E-state index in [-0.39, 0.29) is 6.17 Å². The van der Waals surface area contributed by atoms with Gasteiger partial charge in [-0.2, -0.15) is 0 Å². The third-order valence-corrected chi connectivity index (χ3v) is 1.01. The highest BCUT2D eigenvalue weighted by Gasteiger charge is 1.97. The van der Waals surface area contributed by atoms with Crippen LogP contribution < -0.4 is 5.32 Å². The third-order valence-electron chi connectivity index (χ3n) is 1.01. The Balaban J connectivity index is 2.40. The lowest BCUT2D eigenvalue weighted by atomic mass is 10.3. The molecule has 0 bridgehead atoms. The Bertz CT molecular complexity index is 116. The maximum atomic E-state index is 4.06. The molecule has 0 aliphatic carbocycles. The fourth-order valence-electron chi connectivity index (χ4n) is 0.564. The maximum Gasteiger partial charge on any atom is 0.118 e. The molecule has 0 fully saturated rings. The molecule has 1 radical (unpaired) electrons. The highest BCUT2D eigenvalue weighted by molar-refractivity contribution is 5.71. The Labute approximate surface area is 49.3 Å². The minimum absolute atomic E-state index is 0.208. The Morgan fingerprint density at radius 1 is 1.75 bits per heavy atom. The number of hydrogen-bond donors (Lipinski definition) is 1. The molecular weight excluding hydrogens is 100 g/mol. The van der Waals surface area contributed by atoms with Crippen molar-refractivity contribution in [2.75, 3.05) is 0 Å². The van der Waals surface area contributed by atoms with E-state index in [2.05, 4.69) is 17.2 Å². The lowest BCUT2D eigenvalue weighted by Crippen LogP contribution is -2.22. The summed E-state index contributed by atoms with van der Waals surface area (Å²) >= 11 is 0. The van der Waals surface area contributed by atoms with Crippen LogP contribution in [-0.4, -0.2) is 12.4 Å². The van der Waals surface area contributed by atoms with Crippen molar-refractivity contribution in [3.05, 3.63) is 19.2 Å². The molecule has 2 heteroatoms. The summed E-state index contributed by atoms with van der Waals surface area (Å²) in [5.41, 5.74) is 0. The predicted molar refractivity (Wildman–Crippen MR) is 34.5 cm³/mol. The van der Waals surface area contributed by atoms with E-state index in [1.165, 1.54) is 0 Å². The van der Waals surface area contributed by atoms with Crippen LogP contribution in [0.3, 0.4) is 0 Å². The van der Waals surface area contributed by atoms with Crippen LogP contribution in [0, 0.1) is 6.92 Å². The van der Waals surface area contributed by atoms with Gasteiger partial charge in [0, 0.05) is 6.21 Å². The molecule has 0 aromatic carbocycles. The van der Waals surface area contributed by atoms with Gasteiger partial charge < -0.3 is 5.32 Å². The van der Waals surface area contributed by atoms with Gasteiger partial charge in [0.1, 0.15) is 6.17 Å². The first-order valence-electron chi connectivity index (χ1n) is 2.67. The largest absolute Gasteiger partial charge is 0.370 e. The van der Waals surface area contributed by atoms with Crippen LogP contribution in [0.1, 0.15) is 6.42 Å². The fraction of sp³-hybridized carbons (Fsp3) is 0.333. The molecule has 1 unspecified atom stereocenters. The Morgan fingerprint density at radius 2 is 2.62 bits per heavy atom. The normalized spacial score (nSPS) is 25.4. The van der Waals surface area contributed by atoms with Crippen LogP contribution in [0.15, 0.2) is 17.3 Å². The molecule has 43 valence electrons. The van der Waals surface area contributed by atoms with Gasteiger partial charge in [-0.25, -0.2) is 0 Å². The molecule has 2 nitrogen and oxygen atoms in total. The summed E-state index contributed by atoms with van der Waals surface area (Å²) in [6, 6.07) is 0. The molecular formula is C6H9N2. The Morgan fingerprint density at radius 3 is 3.00 bits per heavy atom. The van der Waals surface area contributed by atoms with Crippen molar-refractivity contribution in [3.63, 3.8) is 0 Å². The second-order valence-electron chi connectivity index (χ2n) is 1.63. The number of allylic oxidation sites excluding steroid dienone is 1. The van der Waals surface area contributed by atoms with Gasteiger partial charge in [-0.05, 0) is 25.6 Å². The molecule has 1 aliphatic heterocycles. The summed E-state index contributed by atoms with van der Waals surface area (Å²) in [7, 11) is 0. The standard InChI is InChI=1S/C6H9N2/c1-2-6-7-4-3-5-8-6/h3-7H,1-2H2. The average Bonchev–Trinajstić information content (AvgIpc) is 1.90. The number of nitrogens with zero attached hydrogens (tertiary/aromatic N) is 1. The van der Waals surface area contributed by atoms with E-state index in [0.717, 1.165) is 6.42 Å². The van der Waals surface area contributed by atoms with E-state index in [9.17, 15) is 0 Å². The second-order valence-corrected chi connectivity index (χ2v) is 1.63. The molecule has 1 heterocycles. The fourth-order valence-corrected chi connectivity index (χ4v) is 0.564. The second kappa shape index (κ2) is 2.50. The number of rotatable bonds is 1. The van der Waals surface area contributed by atoms with E-state index in [0.29, 0.717) is 0 Å². The lowest BCUT2D eigenvalue weighted by Gasteiger charge is -2.10. The van der Waals surface area contributed by atoms with Crippen LogP contribution in [0.5, 0.6) is 0 Å². The summed E-state index contributed by atoms with van der Waals surface area (Å²) in [6.45, 7) is 3.70. The molecule has 0 saturated carbocycles. The van der Waals surface area contributed by atoms with Gasteiger partial charge in [0.25, 0.3) is 0 Å². The van der Waals surface area contributed by atoms with Crippen molar-refractivity contribution in [2.24, 2.45) is 4.99 Å². The van der Waals surface area contributed by atoms with E-state index in [1.54, 1.807) is 6.21 Å². The molecule has 0 spiro atoms. The van der Waals surface area contributed by atoms with Crippen molar-refractivity contribution in [3.8, 4) is 0 Å². The predicted octanol–water partition coefficient (Wildman–Crippen LogP) is 0.724. The lowest BCUT2D eigenvalue weighted by molar-refractivity contribution is 0.617. The van der Waals surface area contributed by atoms with Gasteiger partial charge in [0.2, 0.25) is 0 Å². The average molecular weight is 109 g/mol. The molecule has 1 N–H and O–H groups in total. The molecule has 1 rings (SSSR count). The zero-order chi connectivity index (χ0) is 5.82. The van der Waals surface area contributed by atoms with E-state index < -0.39 is 0 Å². The molecule has 0 aromatic rings. The third kappa shape index (κ3) is 1.09. The molecule has 0 aromatic heterocycles. The van der Waals surface area contributed by atoms with Gasteiger partial charge in [-0.15, -0.1) is 0 Å². The van der Waals surface area contributed by atoms with Crippen LogP contribution in [0.25, 0.3) is 0 Å². The summed E-state index contributed by atoms with van der Waals surface area (Å²) in [6.07, 6.45) is 6.54. The van der Waals surface area contributed by atoms with Crippen LogP contribution >= 0.6 is 0 Å². The smallest absolute Gasteiger partial charge is 0.118 e. The summed E-state index contributed by atoms with van der Waals surface area (Å²) in [5.74, 6) is 0. The van der Waals surface area contributed by atoms with Crippen LogP contribution in [-0.2, 0) is 0 Å². The van der Waals surface area contributed by atoms with Crippen molar-refractivity contribution in [1.82, 2.24) is 5.32 Å². The quantitative estimate of drug-likeness (QED) is 0.527. The first kappa shape index (κ1) is 5.35. The van der Waals surface area contributed by atoms with Crippen molar-refractivity contribution in [1.29, 1.82) is 0 Å². The van der Waals surface area contributed by atoms with Gasteiger partial charge in [0.05, 0.1) is 0 Å². The molecule has 0 amide bonds. The van der Waals surface area contributed by atoms with Crippen LogP contribution in [0.4, 0.5) is 0 Å². The van der Waals surface area contributed by atoms with Gasteiger partial charge in [-0.3, -0.25) is 4.99 Å². The maximum absolute atomic E-state index is 4.06. The van der Waals surface area contributed by atoms with Gasteiger partial charge in [0.15, 0.2) is 0 Å². The number of aliphatic imine (C=N–C) groups is 1. The first-order valence-corrected chi connectivity index (χ1v) is 2.67. The Kier molecular flexibility index (Phi) is 1.67. The molecule has 8 heavy (non-hydrogen) atoms. The number of nitrogens with one attached hydrogen (secondary N) is 1. The zero-order valence-corrected chi connectivity index (χ0v) is 4.67. The van der Waals surface area contributed by atoms with E-state index in [1.807, 2.05) is 12.3 Å². The topological polar surface area (TPSA) is 24.4 Å². The van der Waals surface area contributed by atoms with E-state index >= 15 is 0 Å². The minimum atomic E-state index is 0.208. The van der Waals surface area contributed by atoms with Crippen molar-refractivity contribution in [2.45, 2.75) is 12.6 Å². The highest BCUT2D eigenvalue weighted by Crippen LogP contribution is 1.93. The highest BCUT2D eigenvalue weighted by atomic mass is 15.1. The SMILES string of the molecule is [CH2]CC1N=CC=CN1.